The van der Waals surface area contributed by atoms with Crippen LogP contribution in [0.3, 0.4) is 0 Å². The van der Waals surface area contributed by atoms with E-state index in [9.17, 15) is 0 Å². The highest BCUT2D eigenvalue weighted by molar-refractivity contribution is 5.27. The summed E-state index contributed by atoms with van der Waals surface area (Å²) in [4.78, 5) is 0. The third-order valence-corrected chi connectivity index (χ3v) is 5.00. The second-order valence-corrected chi connectivity index (χ2v) is 7.02. The fraction of sp³-hybridized carbons (Fsp3) is 0.700. The zero-order valence-electron chi connectivity index (χ0n) is 14.2. The van der Waals surface area contributed by atoms with Gasteiger partial charge in [0.2, 0.25) is 0 Å². The topological polar surface area (TPSA) is 12.0 Å². The van der Waals surface area contributed by atoms with Crippen molar-refractivity contribution in [3.63, 3.8) is 0 Å². The number of nitrogens with one attached hydrogen (secondary N) is 1. The highest BCUT2D eigenvalue weighted by Crippen LogP contribution is 2.31. The smallest absolute Gasteiger partial charge is 0.0322 e. The van der Waals surface area contributed by atoms with Gasteiger partial charge in [0.05, 0.1) is 0 Å². The Morgan fingerprint density at radius 1 is 0.952 bits per heavy atom. The number of benzene rings is 1. The lowest BCUT2D eigenvalue weighted by Crippen LogP contribution is -2.23. The van der Waals surface area contributed by atoms with E-state index in [1.807, 2.05) is 0 Å². The van der Waals surface area contributed by atoms with Crippen molar-refractivity contribution in [1.29, 1.82) is 0 Å². The van der Waals surface area contributed by atoms with Crippen LogP contribution in [0.4, 0.5) is 0 Å². The zero-order chi connectivity index (χ0) is 15.1. The van der Waals surface area contributed by atoms with Crippen LogP contribution in [-0.4, -0.2) is 6.54 Å². The predicted molar refractivity (Wildman–Crippen MR) is 92.8 cm³/mol. The van der Waals surface area contributed by atoms with Gasteiger partial charge in [-0.25, -0.2) is 0 Å². The average molecular weight is 287 g/mol. The molecule has 0 heterocycles. The van der Waals surface area contributed by atoms with Gasteiger partial charge in [-0.15, -0.1) is 0 Å². The molecule has 1 fully saturated rings. The van der Waals surface area contributed by atoms with Gasteiger partial charge in [-0.3, -0.25) is 0 Å². The van der Waals surface area contributed by atoms with Gasteiger partial charge >= 0.3 is 0 Å². The molecule has 1 heteroatoms. The predicted octanol–water partition coefficient (Wildman–Crippen LogP) is 5.82. The Hall–Kier alpha value is -0.820. The quantitative estimate of drug-likeness (QED) is 0.650. The molecule has 1 nitrogen and oxygen atoms in total. The van der Waals surface area contributed by atoms with E-state index in [4.69, 9.17) is 0 Å². The van der Waals surface area contributed by atoms with Crippen molar-refractivity contribution in [2.45, 2.75) is 77.7 Å². The number of hydrogen-bond acceptors (Lipinski definition) is 1. The minimum Gasteiger partial charge on any atom is -0.310 e. The third kappa shape index (κ3) is 5.14. The molecule has 0 aromatic heterocycles. The van der Waals surface area contributed by atoms with Crippen molar-refractivity contribution in [1.82, 2.24) is 5.32 Å². The summed E-state index contributed by atoms with van der Waals surface area (Å²) in [5.41, 5.74) is 2.92. The maximum atomic E-state index is 3.72. The summed E-state index contributed by atoms with van der Waals surface area (Å²) >= 11 is 0. The fourth-order valence-electron chi connectivity index (χ4n) is 3.63. The molecule has 118 valence electrons. The van der Waals surface area contributed by atoms with Crippen LogP contribution < -0.4 is 5.32 Å². The molecule has 0 amide bonds. The van der Waals surface area contributed by atoms with Crippen molar-refractivity contribution in [3.05, 3.63) is 35.4 Å². The summed E-state index contributed by atoms with van der Waals surface area (Å²) in [7, 11) is 0. The minimum absolute atomic E-state index is 0.541. The maximum absolute atomic E-state index is 3.72. The summed E-state index contributed by atoms with van der Waals surface area (Å²) in [6, 6.07) is 9.87. The summed E-state index contributed by atoms with van der Waals surface area (Å²) < 4.78 is 0. The molecule has 0 bridgehead atoms. The molecular weight excluding hydrogens is 254 g/mol. The molecule has 0 radical (unpaired) electrons. The van der Waals surface area contributed by atoms with Crippen LogP contribution in [0.25, 0.3) is 0 Å². The van der Waals surface area contributed by atoms with Gasteiger partial charge in [0.25, 0.3) is 0 Å². The highest BCUT2D eigenvalue weighted by atomic mass is 14.9. The van der Waals surface area contributed by atoms with Crippen LogP contribution in [-0.2, 0) is 0 Å². The van der Waals surface area contributed by atoms with Crippen molar-refractivity contribution in [2.75, 3.05) is 6.54 Å². The second kappa shape index (κ2) is 8.58. The summed E-state index contributed by atoms with van der Waals surface area (Å²) in [5, 5.41) is 3.72. The van der Waals surface area contributed by atoms with E-state index >= 15 is 0 Å². The minimum atomic E-state index is 0.541. The van der Waals surface area contributed by atoms with Crippen LogP contribution in [0.2, 0.25) is 0 Å². The maximum Gasteiger partial charge on any atom is 0.0322 e. The Morgan fingerprint density at radius 2 is 1.52 bits per heavy atom. The van der Waals surface area contributed by atoms with Crippen molar-refractivity contribution in [3.8, 4) is 0 Å². The molecule has 21 heavy (non-hydrogen) atoms. The van der Waals surface area contributed by atoms with Gasteiger partial charge in [-0.2, -0.15) is 0 Å². The molecule has 0 spiro atoms. The third-order valence-electron chi connectivity index (χ3n) is 5.00. The van der Waals surface area contributed by atoms with Crippen molar-refractivity contribution < 1.29 is 0 Å². The molecule has 1 N–H and O–H groups in total. The molecule has 1 atom stereocenters. The van der Waals surface area contributed by atoms with E-state index in [2.05, 4.69) is 50.4 Å². The molecule has 1 aliphatic carbocycles. The second-order valence-electron chi connectivity index (χ2n) is 7.02. The zero-order valence-corrected chi connectivity index (χ0v) is 14.2. The fourth-order valence-corrected chi connectivity index (χ4v) is 3.63. The summed E-state index contributed by atoms with van der Waals surface area (Å²) in [6.07, 6.45) is 9.97. The SMILES string of the molecule is CCNC(CC1CCCCCC1)c1ccc(C(C)C)cc1. The molecule has 0 aliphatic heterocycles. The van der Waals surface area contributed by atoms with Crippen LogP contribution in [0.1, 0.15) is 88.8 Å². The van der Waals surface area contributed by atoms with E-state index in [0.29, 0.717) is 12.0 Å². The molecule has 0 saturated heterocycles. The van der Waals surface area contributed by atoms with Gasteiger partial charge in [-0.1, -0.05) is 83.6 Å². The van der Waals surface area contributed by atoms with E-state index < -0.39 is 0 Å². The molecule has 1 aromatic carbocycles. The van der Waals surface area contributed by atoms with Gasteiger partial charge in [0, 0.05) is 6.04 Å². The van der Waals surface area contributed by atoms with Crippen LogP contribution in [0.15, 0.2) is 24.3 Å². The van der Waals surface area contributed by atoms with Gasteiger partial charge in [0.1, 0.15) is 0 Å². The first-order valence-corrected chi connectivity index (χ1v) is 9.04. The average Bonchev–Trinajstić information content (AvgIpc) is 2.75. The lowest BCUT2D eigenvalue weighted by molar-refractivity contribution is 0.359. The monoisotopic (exact) mass is 287 g/mol. The van der Waals surface area contributed by atoms with E-state index in [1.54, 1.807) is 0 Å². The number of rotatable bonds is 6. The van der Waals surface area contributed by atoms with Gasteiger partial charge in [-0.05, 0) is 35.9 Å². The Kier molecular flexibility index (Phi) is 6.76. The lowest BCUT2D eigenvalue weighted by atomic mass is 9.88. The van der Waals surface area contributed by atoms with Gasteiger partial charge in [0.15, 0.2) is 0 Å². The van der Waals surface area contributed by atoms with Crippen molar-refractivity contribution in [2.24, 2.45) is 5.92 Å². The first-order chi connectivity index (χ1) is 10.2. The van der Waals surface area contributed by atoms with Crippen LogP contribution >= 0.6 is 0 Å². The molecule has 1 unspecified atom stereocenters. The number of hydrogen-bond donors (Lipinski definition) is 1. The Bertz CT molecular complexity index is 385. The van der Waals surface area contributed by atoms with Crippen LogP contribution in [0.5, 0.6) is 0 Å². The lowest BCUT2D eigenvalue weighted by Gasteiger charge is -2.24. The highest BCUT2D eigenvalue weighted by Gasteiger charge is 2.19. The van der Waals surface area contributed by atoms with Crippen LogP contribution in [0, 0.1) is 5.92 Å². The normalized spacial score (nSPS) is 18.7. The standard InChI is InChI=1S/C20H33N/c1-4-21-20(15-17-9-7-5-6-8-10-17)19-13-11-18(12-14-19)16(2)3/h11-14,16-17,20-21H,4-10,15H2,1-3H3. The largest absolute Gasteiger partial charge is 0.310 e. The van der Waals surface area contributed by atoms with E-state index in [-0.39, 0.29) is 0 Å². The molecule has 1 aromatic rings. The van der Waals surface area contributed by atoms with Gasteiger partial charge < -0.3 is 5.32 Å². The van der Waals surface area contributed by atoms with E-state index in [1.165, 1.54) is 56.1 Å². The first-order valence-electron chi connectivity index (χ1n) is 9.04. The molecular formula is C20H33N. The molecule has 1 saturated carbocycles. The summed E-state index contributed by atoms with van der Waals surface area (Å²) in [6.45, 7) is 7.82. The summed E-state index contributed by atoms with van der Waals surface area (Å²) in [5.74, 6) is 1.54. The first kappa shape index (κ1) is 16.5. The van der Waals surface area contributed by atoms with E-state index in [0.717, 1.165) is 12.5 Å². The Labute approximate surface area is 131 Å². The Morgan fingerprint density at radius 3 is 2.05 bits per heavy atom. The molecule has 1 aliphatic rings. The van der Waals surface area contributed by atoms with Crippen molar-refractivity contribution >= 4 is 0 Å². The molecule has 2 rings (SSSR count). The Balaban J connectivity index is 2.02.